The van der Waals surface area contributed by atoms with Gasteiger partial charge in [0.1, 0.15) is 0 Å². The topological polar surface area (TPSA) is 24.1 Å². The Bertz CT molecular complexity index is 161. The summed E-state index contributed by atoms with van der Waals surface area (Å²) < 4.78 is 0. The first-order valence-electron chi connectivity index (χ1n) is 5.19. The van der Waals surface area contributed by atoms with Crippen molar-refractivity contribution in [2.75, 3.05) is 13.1 Å². The molecule has 1 aliphatic carbocycles. The third-order valence-corrected chi connectivity index (χ3v) is 2.97. The van der Waals surface area contributed by atoms with Gasteiger partial charge in [-0.1, -0.05) is 13.8 Å². The highest BCUT2D eigenvalue weighted by Gasteiger charge is 2.45. The van der Waals surface area contributed by atoms with Gasteiger partial charge in [0.15, 0.2) is 0 Å². The Hall–Kier alpha value is -0.0800. The second-order valence-corrected chi connectivity index (χ2v) is 4.88. The van der Waals surface area contributed by atoms with E-state index < -0.39 is 0 Å². The lowest BCUT2D eigenvalue weighted by Crippen LogP contribution is -2.56. The van der Waals surface area contributed by atoms with Crippen LogP contribution in [0, 0.1) is 5.92 Å². The predicted octanol–water partition coefficient (Wildman–Crippen LogP) is 1.13. The molecule has 1 atom stereocenters. The van der Waals surface area contributed by atoms with Crippen molar-refractivity contribution in [1.29, 1.82) is 0 Å². The van der Waals surface area contributed by atoms with E-state index >= 15 is 0 Å². The van der Waals surface area contributed by atoms with E-state index in [1.54, 1.807) is 0 Å². The predicted molar refractivity (Wildman–Crippen MR) is 51.2 cm³/mol. The second-order valence-electron chi connectivity index (χ2n) is 4.88. The highest BCUT2D eigenvalue weighted by Crippen LogP contribution is 2.36. The van der Waals surface area contributed by atoms with Crippen LogP contribution in [-0.2, 0) is 0 Å². The van der Waals surface area contributed by atoms with E-state index in [1.807, 2.05) is 0 Å². The monoisotopic (exact) mass is 168 g/mol. The maximum absolute atomic E-state index is 3.77. The van der Waals surface area contributed by atoms with Crippen molar-refractivity contribution in [3.05, 3.63) is 0 Å². The maximum Gasteiger partial charge on any atom is 0.0310 e. The standard InChI is InChI=1S/C10H20N2/c1-8(2)5-9-6-11-7-10(12-9)3-4-10/h8-9,11-12H,3-7H2,1-2H3. The summed E-state index contributed by atoms with van der Waals surface area (Å²) in [4.78, 5) is 0. The molecule has 2 N–H and O–H groups in total. The van der Waals surface area contributed by atoms with E-state index in [2.05, 4.69) is 24.5 Å². The SMILES string of the molecule is CC(C)CC1CNCC2(CC2)N1. The molecule has 0 aromatic rings. The molecule has 2 rings (SSSR count). The van der Waals surface area contributed by atoms with Crippen molar-refractivity contribution in [1.82, 2.24) is 10.6 Å². The van der Waals surface area contributed by atoms with E-state index in [9.17, 15) is 0 Å². The normalized spacial score (nSPS) is 32.8. The van der Waals surface area contributed by atoms with Crippen LogP contribution in [0.15, 0.2) is 0 Å². The number of nitrogens with one attached hydrogen (secondary N) is 2. The lowest BCUT2D eigenvalue weighted by Gasteiger charge is -2.33. The molecule has 1 unspecified atom stereocenters. The molecular formula is C10H20N2. The fraction of sp³-hybridized carbons (Fsp3) is 1.00. The minimum atomic E-state index is 0.526. The summed E-state index contributed by atoms with van der Waals surface area (Å²) in [7, 11) is 0. The lowest BCUT2D eigenvalue weighted by atomic mass is 10.0. The van der Waals surface area contributed by atoms with Gasteiger partial charge in [-0.3, -0.25) is 0 Å². The Morgan fingerprint density at radius 1 is 1.42 bits per heavy atom. The van der Waals surface area contributed by atoms with Gasteiger partial charge in [-0.2, -0.15) is 0 Å². The van der Waals surface area contributed by atoms with Crippen molar-refractivity contribution in [2.24, 2.45) is 5.92 Å². The van der Waals surface area contributed by atoms with E-state index in [1.165, 1.54) is 32.4 Å². The number of rotatable bonds is 2. The van der Waals surface area contributed by atoms with E-state index in [-0.39, 0.29) is 0 Å². The molecule has 0 amide bonds. The Balaban J connectivity index is 1.83. The maximum atomic E-state index is 3.77. The van der Waals surface area contributed by atoms with Crippen LogP contribution in [0.4, 0.5) is 0 Å². The van der Waals surface area contributed by atoms with Gasteiger partial charge in [0.25, 0.3) is 0 Å². The smallest absolute Gasteiger partial charge is 0.0310 e. The molecule has 1 aliphatic heterocycles. The fourth-order valence-corrected chi connectivity index (χ4v) is 2.20. The molecule has 0 radical (unpaired) electrons. The van der Waals surface area contributed by atoms with Gasteiger partial charge < -0.3 is 10.6 Å². The molecular weight excluding hydrogens is 148 g/mol. The van der Waals surface area contributed by atoms with Crippen molar-refractivity contribution in [2.45, 2.75) is 44.7 Å². The Morgan fingerprint density at radius 2 is 2.17 bits per heavy atom. The van der Waals surface area contributed by atoms with Gasteiger partial charge in [-0.15, -0.1) is 0 Å². The van der Waals surface area contributed by atoms with Gasteiger partial charge >= 0.3 is 0 Å². The summed E-state index contributed by atoms with van der Waals surface area (Å²) in [6, 6.07) is 0.723. The van der Waals surface area contributed by atoms with Crippen molar-refractivity contribution in [3.63, 3.8) is 0 Å². The quantitative estimate of drug-likeness (QED) is 0.646. The van der Waals surface area contributed by atoms with Crippen LogP contribution in [0.1, 0.15) is 33.1 Å². The average molecular weight is 168 g/mol. The van der Waals surface area contributed by atoms with Gasteiger partial charge in [-0.05, 0) is 25.2 Å². The first-order chi connectivity index (χ1) is 5.70. The molecule has 0 bridgehead atoms. The molecule has 2 nitrogen and oxygen atoms in total. The first kappa shape index (κ1) is 8.52. The summed E-state index contributed by atoms with van der Waals surface area (Å²) in [5.41, 5.74) is 0.526. The van der Waals surface area contributed by atoms with Gasteiger partial charge in [0.05, 0.1) is 0 Å². The van der Waals surface area contributed by atoms with Crippen LogP contribution in [-0.4, -0.2) is 24.7 Å². The highest BCUT2D eigenvalue weighted by atomic mass is 15.2. The third kappa shape index (κ3) is 1.80. The Kier molecular flexibility index (Phi) is 2.13. The van der Waals surface area contributed by atoms with Crippen LogP contribution < -0.4 is 10.6 Å². The van der Waals surface area contributed by atoms with Crippen LogP contribution >= 0.6 is 0 Å². The zero-order valence-electron chi connectivity index (χ0n) is 8.19. The highest BCUT2D eigenvalue weighted by molar-refractivity contribution is 5.08. The third-order valence-electron chi connectivity index (χ3n) is 2.97. The fourth-order valence-electron chi connectivity index (χ4n) is 2.20. The molecule has 2 aliphatic rings. The van der Waals surface area contributed by atoms with Crippen molar-refractivity contribution >= 4 is 0 Å². The van der Waals surface area contributed by atoms with Crippen LogP contribution in [0.3, 0.4) is 0 Å². The average Bonchev–Trinajstić information content (AvgIpc) is 2.68. The molecule has 0 aromatic carbocycles. The van der Waals surface area contributed by atoms with Gasteiger partial charge in [0.2, 0.25) is 0 Å². The summed E-state index contributed by atoms with van der Waals surface area (Å²) in [5, 5.41) is 7.30. The number of hydrogen-bond donors (Lipinski definition) is 2. The molecule has 1 saturated heterocycles. The number of hydrogen-bond acceptors (Lipinski definition) is 2. The zero-order chi connectivity index (χ0) is 8.60. The lowest BCUT2D eigenvalue weighted by molar-refractivity contribution is 0.290. The summed E-state index contributed by atoms with van der Waals surface area (Å²) in [6.07, 6.45) is 4.08. The van der Waals surface area contributed by atoms with E-state index in [4.69, 9.17) is 0 Å². The van der Waals surface area contributed by atoms with Crippen molar-refractivity contribution < 1.29 is 0 Å². The summed E-state index contributed by atoms with van der Waals surface area (Å²) >= 11 is 0. The van der Waals surface area contributed by atoms with Crippen LogP contribution in [0.25, 0.3) is 0 Å². The van der Waals surface area contributed by atoms with Crippen LogP contribution in [0.5, 0.6) is 0 Å². The van der Waals surface area contributed by atoms with Crippen molar-refractivity contribution in [3.8, 4) is 0 Å². The Morgan fingerprint density at radius 3 is 2.75 bits per heavy atom. The van der Waals surface area contributed by atoms with Crippen LogP contribution in [0.2, 0.25) is 0 Å². The minimum Gasteiger partial charge on any atom is -0.313 e. The zero-order valence-corrected chi connectivity index (χ0v) is 8.19. The van der Waals surface area contributed by atoms with E-state index in [0.717, 1.165) is 12.0 Å². The molecule has 0 aromatic heterocycles. The van der Waals surface area contributed by atoms with E-state index in [0.29, 0.717) is 5.54 Å². The van der Waals surface area contributed by atoms with Gasteiger partial charge in [0, 0.05) is 24.7 Å². The van der Waals surface area contributed by atoms with Gasteiger partial charge in [-0.25, -0.2) is 0 Å². The molecule has 1 spiro atoms. The minimum absolute atomic E-state index is 0.526. The molecule has 2 heteroatoms. The summed E-state index contributed by atoms with van der Waals surface area (Å²) in [6.45, 7) is 6.97. The molecule has 70 valence electrons. The Labute approximate surface area is 75.1 Å². The molecule has 12 heavy (non-hydrogen) atoms. The second kappa shape index (κ2) is 3.00. The largest absolute Gasteiger partial charge is 0.313 e. The summed E-state index contributed by atoms with van der Waals surface area (Å²) in [5.74, 6) is 0.818. The molecule has 2 fully saturated rings. The first-order valence-corrected chi connectivity index (χ1v) is 5.19. The number of piperazine rings is 1. The molecule has 1 heterocycles. The molecule has 1 saturated carbocycles.